The molecule has 0 saturated carbocycles. The number of amides is 2. The normalized spacial score (nSPS) is 10.7. The maximum Gasteiger partial charge on any atom is 0.325 e. The van der Waals surface area contributed by atoms with E-state index < -0.39 is 12.0 Å². The van der Waals surface area contributed by atoms with Crippen LogP contribution in [0.2, 0.25) is 0 Å². The molecule has 0 spiro atoms. The van der Waals surface area contributed by atoms with Gasteiger partial charge in [0.15, 0.2) is 11.5 Å². The lowest BCUT2D eigenvalue weighted by molar-refractivity contribution is -0.141. The first kappa shape index (κ1) is 19.2. The van der Waals surface area contributed by atoms with Crippen molar-refractivity contribution >= 4 is 28.7 Å². The molecule has 0 aliphatic heterocycles. The molecule has 0 aliphatic rings. The van der Waals surface area contributed by atoms with Crippen molar-refractivity contribution in [2.75, 3.05) is 18.5 Å². The molecule has 2 amide bonds. The van der Waals surface area contributed by atoms with Gasteiger partial charge in [0.25, 0.3) is 0 Å². The predicted octanol–water partition coefficient (Wildman–Crippen LogP) is 3.83. The number of anilines is 1. The van der Waals surface area contributed by atoms with Crippen LogP contribution in [0.3, 0.4) is 0 Å². The van der Waals surface area contributed by atoms with E-state index in [1.165, 1.54) is 0 Å². The molecule has 0 radical (unpaired) electrons. The second-order valence-corrected chi connectivity index (χ2v) is 6.19. The van der Waals surface area contributed by atoms with E-state index in [9.17, 15) is 9.59 Å². The van der Waals surface area contributed by atoms with Crippen molar-refractivity contribution < 1.29 is 23.2 Å². The summed E-state index contributed by atoms with van der Waals surface area (Å²) < 4.78 is 15.8. The highest BCUT2D eigenvalue weighted by atomic mass is 16.5. The van der Waals surface area contributed by atoms with Crippen LogP contribution in [0.5, 0.6) is 0 Å². The van der Waals surface area contributed by atoms with E-state index in [1.807, 2.05) is 0 Å². The van der Waals surface area contributed by atoms with Crippen LogP contribution in [0.4, 0.5) is 10.5 Å². The number of fused-ring (bicyclic) bond motifs is 1. The zero-order valence-corrected chi connectivity index (χ0v) is 16.0. The van der Waals surface area contributed by atoms with E-state index >= 15 is 0 Å². The van der Waals surface area contributed by atoms with Crippen LogP contribution in [-0.2, 0) is 9.53 Å². The van der Waals surface area contributed by atoms with E-state index in [-0.39, 0.29) is 13.2 Å². The van der Waals surface area contributed by atoms with E-state index in [4.69, 9.17) is 13.6 Å². The average Bonchev–Trinajstić information content (AvgIpc) is 3.45. The molecular weight excluding hydrogens is 388 g/mol. The number of carbonyl (C=O) groups excluding carboxylic acids is 2. The quantitative estimate of drug-likeness (QED) is 0.467. The third-order valence-electron chi connectivity index (χ3n) is 4.13. The zero-order valence-electron chi connectivity index (χ0n) is 16.0. The van der Waals surface area contributed by atoms with Crippen molar-refractivity contribution in [2.24, 2.45) is 0 Å². The smallest absolute Gasteiger partial charge is 0.325 e. The molecule has 3 aromatic heterocycles. The third-order valence-corrected chi connectivity index (χ3v) is 4.13. The fourth-order valence-electron chi connectivity index (χ4n) is 2.84. The summed E-state index contributed by atoms with van der Waals surface area (Å²) in [5.74, 6) is 0.600. The fourth-order valence-corrected chi connectivity index (χ4v) is 2.84. The maximum absolute atomic E-state index is 12.0. The van der Waals surface area contributed by atoms with Gasteiger partial charge in [-0.25, -0.2) is 14.8 Å². The fraction of sp³-hybridized carbons (Fsp3) is 0.143. The summed E-state index contributed by atoms with van der Waals surface area (Å²) in [5, 5.41) is 5.10. The molecule has 0 atom stereocenters. The molecule has 9 nitrogen and oxygen atoms in total. The predicted molar refractivity (Wildman–Crippen MR) is 109 cm³/mol. The molecule has 0 unspecified atom stereocenters. The average molecular weight is 406 g/mol. The van der Waals surface area contributed by atoms with Crippen molar-refractivity contribution in [2.45, 2.75) is 6.92 Å². The molecule has 4 rings (SSSR count). The lowest BCUT2D eigenvalue weighted by Crippen LogP contribution is -2.34. The van der Waals surface area contributed by atoms with Crippen LogP contribution < -0.4 is 10.6 Å². The van der Waals surface area contributed by atoms with Crippen LogP contribution in [0.25, 0.3) is 33.9 Å². The van der Waals surface area contributed by atoms with Crippen molar-refractivity contribution in [3.05, 3.63) is 55.0 Å². The Morgan fingerprint density at radius 2 is 1.63 bits per heavy atom. The zero-order chi connectivity index (χ0) is 20.9. The first-order chi connectivity index (χ1) is 14.6. The highest BCUT2D eigenvalue weighted by Gasteiger charge is 2.17. The number of aromatic nitrogens is 2. The number of esters is 1. The number of urea groups is 1. The Morgan fingerprint density at radius 3 is 2.23 bits per heavy atom. The van der Waals surface area contributed by atoms with Crippen LogP contribution in [-0.4, -0.2) is 35.1 Å². The van der Waals surface area contributed by atoms with Crippen LogP contribution in [0.15, 0.2) is 63.8 Å². The lowest BCUT2D eigenvalue weighted by Gasteiger charge is -2.10. The summed E-state index contributed by atoms with van der Waals surface area (Å²) >= 11 is 0. The second kappa shape index (κ2) is 8.48. The van der Waals surface area contributed by atoms with Gasteiger partial charge in [0.05, 0.1) is 30.2 Å². The van der Waals surface area contributed by atoms with Crippen molar-refractivity contribution in [3.8, 4) is 22.9 Å². The van der Waals surface area contributed by atoms with E-state index in [0.29, 0.717) is 39.6 Å². The second-order valence-electron chi connectivity index (χ2n) is 6.19. The van der Waals surface area contributed by atoms with Crippen molar-refractivity contribution in [1.29, 1.82) is 0 Å². The number of benzene rings is 1. The lowest BCUT2D eigenvalue weighted by atomic mass is 10.1. The van der Waals surface area contributed by atoms with Gasteiger partial charge in [-0.3, -0.25) is 4.79 Å². The number of furan rings is 2. The third kappa shape index (κ3) is 4.14. The summed E-state index contributed by atoms with van der Waals surface area (Å²) in [6, 6.07) is 11.7. The minimum atomic E-state index is -0.533. The molecule has 0 aliphatic carbocycles. The number of nitrogens with zero attached hydrogens (tertiary/aromatic N) is 2. The number of ether oxygens (including phenoxy) is 1. The monoisotopic (exact) mass is 406 g/mol. The Hall–Kier alpha value is -4.14. The van der Waals surface area contributed by atoms with Crippen LogP contribution in [0.1, 0.15) is 6.92 Å². The first-order valence-electron chi connectivity index (χ1n) is 9.24. The van der Waals surface area contributed by atoms with Crippen molar-refractivity contribution in [3.63, 3.8) is 0 Å². The number of nitrogens with one attached hydrogen (secondary N) is 2. The van der Waals surface area contributed by atoms with E-state index in [0.717, 1.165) is 0 Å². The SMILES string of the molecule is CCOC(=O)CNC(=O)Nc1ccc2nc(-c3ccco3)c(-c3ccco3)nc2c1. The molecule has 9 heteroatoms. The van der Waals surface area contributed by atoms with Gasteiger partial charge in [-0.1, -0.05) is 0 Å². The summed E-state index contributed by atoms with van der Waals surface area (Å²) in [4.78, 5) is 32.7. The molecule has 3 heterocycles. The molecular formula is C21H18N4O5. The molecule has 152 valence electrons. The van der Waals surface area contributed by atoms with Gasteiger partial charge >= 0.3 is 12.0 Å². The molecule has 1 aromatic carbocycles. The Morgan fingerprint density at radius 1 is 0.967 bits per heavy atom. The van der Waals surface area contributed by atoms with E-state index in [1.54, 1.807) is 61.9 Å². The number of carbonyl (C=O) groups is 2. The van der Waals surface area contributed by atoms with Gasteiger partial charge in [0.2, 0.25) is 0 Å². The minimum Gasteiger partial charge on any atom is -0.465 e. The van der Waals surface area contributed by atoms with Crippen molar-refractivity contribution in [1.82, 2.24) is 15.3 Å². The first-order valence-corrected chi connectivity index (χ1v) is 9.24. The van der Waals surface area contributed by atoms with Gasteiger partial charge in [0, 0.05) is 5.69 Å². The standard InChI is InChI=1S/C21H18N4O5/c1-2-28-18(26)12-22-21(27)23-13-7-8-14-15(11-13)25-20(17-6-4-10-30-17)19(24-14)16-5-3-9-29-16/h3-11H,2,12H2,1H3,(H2,22,23,27). The number of rotatable bonds is 6. The Labute approximate surface area is 171 Å². The number of hydrogen-bond donors (Lipinski definition) is 2. The molecule has 0 fully saturated rings. The van der Waals surface area contributed by atoms with Gasteiger partial charge in [-0.15, -0.1) is 0 Å². The largest absolute Gasteiger partial charge is 0.465 e. The van der Waals surface area contributed by atoms with Crippen LogP contribution in [0, 0.1) is 0 Å². The molecule has 4 aromatic rings. The Kier molecular flexibility index (Phi) is 5.42. The Balaban J connectivity index is 1.62. The highest BCUT2D eigenvalue weighted by Crippen LogP contribution is 2.32. The summed E-state index contributed by atoms with van der Waals surface area (Å²) in [6.07, 6.45) is 3.12. The van der Waals surface area contributed by atoms with Gasteiger partial charge in [-0.2, -0.15) is 0 Å². The van der Waals surface area contributed by atoms with Crippen LogP contribution >= 0.6 is 0 Å². The maximum atomic E-state index is 12.0. The van der Waals surface area contributed by atoms with Gasteiger partial charge < -0.3 is 24.2 Å². The van der Waals surface area contributed by atoms with Gasteiger partial charge in [-0.05, 0) is 49.4 Å². The molecule has 2 N–H and O–H groups in total. The number of hydrogen-bond acceptors (Lipinski definition) is 7. The van der Waals surface area contributed by atoms with Gasteiger partial charge in [0.1, 0.15) is 17.9 Å². The highest BCUT2D eigenvalue weighted by molar-refractivity contribution is 5.94. The van der Waals surface area contributed by atoms with E-state index in [2.05, 4.69) is 20.6 Å². The molecule has 30 heavy (non-hydrogen) atoms. The Bertz CT molecular complexity index is 1170. The minimum absolute atomic E-state index is 0.220. The summed E-state index contributed by atoms with van der Waals surface area (Å²) in [5.41, 5.74) is 2.74. The molecule has 0 saturated heterocycles. The summed E-state index contributed by atoms with van der Waals surface area (Å²) in [6.45, 7) is 1.73. The topological polar surface area (TPSA) is 119 Å². The molecule has 0 bridgehead atoms. The summed E-state index contributed by atoms with van der Waals surface area (Å²) in [7, 11) is 0.